The van der Waals surface area contributed by atoms with Crippen molar-refractivity contribution >= 4 is 5.91 Å². The molecule has 0 spiro atoms. The zero-order valence-corrected chi connectivity index (χ0v) is 20.9. The van der Waals surface area contributed by atoms with Crippen molar-refractivity contribution in [2.24, 2.45) is 0 Å². The summed E-state index contributed by atoms with van der Waals surface area (Å²) in [7, 11) is 0. The molecule has 0 radical (unpaired) electrons. The fourth-order valence-electron chi connectivity index (χ4n) is 5.13. The third-order valence-corrected chi connectivity index (χ3v) is 6.97. The monoisotopic (exact) mass is 537 g/mol. The van der Waals surface area contributed by atoms with Gasteiger partial charge < -0.3 is 23.8 Å². The predicted octanol–water partition coefficient (Wildman–Crippen LogP) is 5.41. The van der Waals surface area contributed by atoms with E-state index in [9.17, 15) is 18.0 Å². The van der Waals surface area contributed by atoms with Gasteiger partial charge in [0.2, 0.25) is 0 Å². The van der Waals surface area contributed by atoms with E-state index in [4.69, 9.17) is 13.9 Å². The quantitative estimate of drug-likeness (QED) is 0.357. The Labute approximate surface area is 222 Å². The number of halogens is 3. The number of furan rings is 1. The van der Waals surface area contributed by atoms with Gasteiger partial charge in [0.15, 0.2) is 17.3 Å². The third kappa shape index (κ3) is 5.24. The van der Waals surface area contributed by atoms with Crippen LogP contribution in [0.15, 0.2) is 77.3 Å². The molecule has 4 heterocycles. The van der Waals surface area contributed by atoms with E-state index in [1.54, 1.807) is 12.1 Å². The highest BCUT2D eigenvalue weighted by molar-refractivity contribution is 5.91. The molecule has 0 unspecified atom stereocenters. The van der Waals surface area contributed by atoms with Crippen molar-refractivity contribution in [2.45, 2.75) is 31.9 Å². The highest BCUT2D eigenvalue weighted by atomic mass is 19.4. The summed E-state index contributed by atoms with van der Waals surface area (Å²) in [6.07, 6.45) is -2.37. The van der Waals surface area contributed by atoms with Crippen molar-refractivity contribution in [3.8, 4) is 11.5 Å². The van der Waals surface area contributed by atoms with Gasteiger partial charge in [-0.25, -0.2) is 0 Å². The molecule has 2 aromatic carbocycles. The van der Waals surface area contributed by atoms with Gasteiger partial charge in [0.05, 0.1) is 18.2 Å². The molecule has 0 saturated carbocycles. The largest absolute Gasteiger partial charge is 0.486 e. The first kappa shape index (κ1) is 25.1. The Bertz CT molecular complexity index is 1490. The first-order valence-corrected chi connectivity index (χ1v) is 12.7. The lowest BCUT2D eigenvalue weighted by molar-refractivity contribution is -0.137. The summed E-state index contributed by atoms with van der Waals surface area (Å²) in [5, 5.41) is 2.64. The number of alkyl halides is 3. The fraction of sp³-hybridized carbons (Fsp3) is 0.276. The van der Waals surface area contributed by atoms with Crippen molar-refractivity contribution < 1.29 is 31.9 Å². The van der Waals surface area contributed by atoms with Crippen LogP contribution >= 0.6 is 0 Å². The van der Waals surface area contributed by atoms with E-state index < -0.39 is 17.6 Å². The molecule has 2 aromatic heterocycles. The van der Waals surface area contributed by atoms with Crippen LogP contribution < -0.4 is 14.8 Å². The molecule has 0 aliphatic carbocycles. The minimum atomic E-state index is -4.44. The molecule has 4 aromatic rings. The number of hydrogen-bond acceptors (Lipinski definition) is 5. The van der Waals surface area contributed by atoms with Gasteiger partial charge in [-0.1, -0.05) is 18.2 Å². The maximum absolute atomic E-state index is 13.0. The number of benzene rings is 2. The Morgan fingerprint density at radius 3 is 2.64 bits per heavy atom. The number of carbonyl (C=O) groups is 1. The zero-order valence-electron chi connectivity index (χ0n) is 20.9. The molecule has 1 amide bonds. The van der Waals surface area contributed by atoms with Gasteiger partial charge in [0.25, 0.3) is 5.91 Å². The maximum Gasteiger partial charge on any atom is 0.416 e. The van der Waals surface area contributed by atoms with E-state index in [0.717, 1.165) is 48.0 Å². The van der Waals surface area contributed by atoms with Gasteiger partial charge in [-0.2, -0.15) is 13.2 Å². The minimum Gasteiger partial charge on any atom is -0.486 e. The number of carbonyl (C=O) groups excluding carboxylic acids is 1. The second-order valence-corrected chi connectivity index (χ2v) is 9.55. The normalized spacial score (nSPS) is 17.1. The molecule has 1 N–H and O–H groups in total. The van der Waals surface area contributed by atoms with Gasteiger partial charge in [-0.15, -0.1) is 0 Å². The zero-order chi connectivity index (χ0) is 27.0. The first-order chi connectivity index (χ1) is 18.8. The van der Waals surface area contributed by atoms with E-state index in [0.29, 0.717) is 31.1 Å². The number of ether oxygens (including phenoxy) is 2. The standard InChI is InChI=1S/C29H26F3N3O4/c30-29(31,32)21-4-1-3-19(15-21)17-33-28(36)25-9-7-22(39-25)18-35-12-11-34-10-2-5-23(34)27(35)20-6-8-24-26(16-20)38-14-13-37-24/h1-10,15-16,27H,11-14,17-18H2,(H,33,36)/t27-/m0/s1. The van der Waals surface area contributed by atoms with E-state index >= 15 is 0 Å². The molecule has 2 aliphatic rings. The van der Waals surface area contributed by atoms with Crippen LogP contribution in [0.5, 0.6) is 11.5 Å². The second kappa shape index (κ2) is 10.2. The van der Waals surface area contributed by atoms with Crippen LogP contribution in [0, 0.1) is 0 Å². The smallest absolute Gasteiger partial charge is 0.416 e. The molecule has 7 nitrogen and oxygen atoms in total. The number of nitrogens with zero attached hydrogens (tertiary/aromatic N) is 2. The van der Waals surface area contributed by atoms with E-state index in [1.807, 2.05) is 24.3 Å². The van der Waals surface area contributed by atoms with Gasteiger partial charge in [-0.05, 0) is 59.7 Å². The lowest BCUT2D eigenvalue weighted by Crippen LogP contribution is -2.37. The summed E-state index contributed by atoms with van der Waals surface area (Å²) >= 11 is 0. The van der Waals surface area contributed by atoms with Crippen molar-refractivity contribution in [1.29, 1.82) is 0 Å². The molecule has 202 valence electrons. The number of amides is 1. The maximum atomic E-state index is 13.0. The lowest BCUT2D eigenvalue weighted by atomic mass is 9.99. The van der Waals surface area contributed by atoms with Crippen LogP contribution in [0.2, 0.25) is 0 Å². The van der Waals surface area contributed by atoms with E-state index in [2.05, 4.69) is 27.0 Å². The highest BCUT2D eigenvalue weighted by Crippen LogP contribution is 2.39. The molecule has 10 heteroatoms. The molecule has 39 heavy (non-hydrogen) atoms. The Hall–Kier alpha value is -4.18. The van der Waals surface area contributed by atoms with Crippen LogP contribution in [-0.2, 0) is 25.8 Å². The average molecular weight is 538 g/mol. The number of nitrogens with one attached hydrogen (secondary N) is 1. The third-order valence-electron chi connectivity index (χ3n) is 6.97. The lowest BCUT2D eigenvalue weighted by Gasteiger charge is -2.37. The molecule has 1 atom stereocenters. The van der Waals surface area contributed by atoms with Crippen LogP contribution in [0.1, 0.15) is 44.7 Å². The van der Waals surface area contributed by atoms with E-state index in [-0.39, 0.29) is 18.3 Å². The minimum absolute atomic E-state index is 0.0475. The summed E-state index contributed by atoms with van der Waals surface area (Å²) in [5.41, 5.74) is 1.80. The Balaban J connectivity index is 1.17. The van der Waals surface area contributed by atoms with Crippen molar-refractivity contribution in [3.05, 3.63) is 107 Å². The summed E-state index contributed by atoms with van der Waals surface area (Å²) in [6.45, 7) is 3.03. The summed E-state index contributed by atoms with van der Waals surface area (Å²) in [5.74, 6) is 1.68. The highest BCUT2D eigenvalue weighted by Gasteiger charge is 2.32. The average Bonchev–Trinajstić information content (AvgIpc) is 3.61. The van der Waals surface area contributed by atoms with Crippen molar-refractivity contribution in [2.75, 3.05) is 19.8 Å². The summed E-state index contributed by atoms with van der Waals surface area (Å²) in [4.78, 5) is 15.0. The SMILES string of the molecule is O=C(NCc1cccc(C(F)(F)F)c1)c1ccc(CN2CCn3cccc3[C@@H]2c2ccc3c(c2)OCCO3)o1. The molecule has 0 saturated heterocycles. The van der Waals surface area contributed by atoms with Gasteiger partial charge in [0.1, 0.15) is 19.0 Å². The van der Waals surface area contributed by atoms with Crippen LogP contribution in [-0.4, -0.2) is 35.1 Å². The molecule has 0 bridgehead atoms. The topological polar surface area (TPSA) is 68.9 Å². The molecule has 0 fully saturated rings. The van der Waals surface area contributed by atoms with E-state index in [1.165, 1.54) is 12.1 Å². The van der Waals surface area contributed by atoms with Gasteiger partial charge >= 0.3 is 6.18 Å². The van der Waals surface area contributed by atoms with Crippen LogP contribution in [0.25, 0.3) is 0 Å². The number of fused-ring (bicyclic) bond motifs is 2. The van der Waals surface area contributed by atoms with Crippen LogP contribution in [0.4, 0.5) is 13.2 Å². The first-order valence-electron chi connectivity index (χ1n) is 12.7. The Morgan fingerprint density at radius 1 is 0.949 bits per heavy atom. The van der Waals surface area contributed by atoms with Crippen LogP contribution in [0.3, 0.4) is 0 Å². The molecule has 2 aliphatic heterocycles. The van der Waals surface area contributed by atoms with Crippen molar-refractivity contribution in [1.82, 2.24) is 14.8 Å². The predicted molar refractivity (Wildman–Crippen MR) is 135 cm³/mol. The van der Waals surface area contributed by atoms with Gasteiger partial charge in [0, 0.05) is 31.5 Å². The molecule has 6 rings (SSSR count). The summed E-state index contributed by atoms with van der Waals surface area (Å²) in [6, 6.07) is 18.3. The molecular weight excluding hydrogens is 511 g/mol. The van der Waals surface area contributed by atoms with Gasteiger partial charge in [-0.3, -0.25) is 9.69 Å². The number of aromatic nitrogens is 1. The number of hydrogen-bond donors (Lipinski definition) is 1. The molecular formula is C29H26F3N3O4. The number of rotatable bonds is 6. The van der Waals surface area contributed by atoms with Crippen molar-refractivity contribution in [3.63, 3.8) is 0 Å². The second-order valence-electron chi connectivity index (χ2n) is 9.55. The summed E-state index contributed by atoms with van der Waals surface area (Å²) < 4.78 is 58.6. The Morgan fingerprint density at radius 2 is 1.79 bits per heavy atom. The fourth-order valence-corrected chi connectivity index (χ4v) is 5.13. The Kier molecular flexibility index (Phi) is 6.56.